The molecule has 2 aliphatic heterocycles. The second-order valence-corrected chi connectivity index (χ2v) is 10.8. The molecule has 3 aliphatic rings. The first-order chi connectivity index (χ1) is 18.4. The number of hydrogen-bond acceptors (Lipinski definition) is 8. The average Bonchev–Trinajstić information content (AvgIpc) is 3.65. The molecule has 2 fully saturated rings. The summed E-state index contributed by atoms with van der Waals surface area (Å²) in [7, 11) is 2.05. The first-order valence-corrected chi connectivity index (χ1v) is 13.4. The molecule has 1 unspecified atom stereocenters. The fraction of sp³-hybridized carbons (Fsp3) is 0.333. The molecule has 6 rings (SSSR count). The first kappa shape index (κ1) is 24.8. The zero-order valence-electron chi connectivity index (χ0n) is 21.2. The third kappa shape index (κ3) is 4.73. The van der Waals surface area contributed by atoms with E-state index in [0.717, 1.165) is 61.1 Å². The van der Waals surface area contributed by atoms with Gasteiger partial charge >= 0.3 is 0 Å². The van der Waals surface area contributed by atoms with E-state index in [0.29, 0.717) is 27.8 Å². The van der Waals surface area contributed by atoms with Gasteiger partial charge in [0.15, 0.2) is 0 Å². The van der Waals surface area contributed by atoms with E-state index in [2.05, 4.69) is 49.0 Å². The van der Waals surface area contributed by atoms with Gasteiger partial charge in [-0.05, 0) is 55.5 Å². The lowest BCUT2D eigenvalue weighted by atomic mass is 9.69. The molecule has 38 heavy (non-hydrogen) atoms. The summed E-state index contributed by atoms with van der Waals surface area (Å²) >= 11 is 6.77. The van der Waals surface area contributed by atoms with Gasteiger partial charge in [-0.1, -0.05) is 30.2 Å². The van der Waals surface area contributed by atoms with Gasteiger partial charge in [0.1, 0.15) is 19.7 Å². The molecule has 1 aromatic heterocycles. The van der Waals surface area contributed by atoms with Crippen molar-refractivity contribution >= 4 is 41.7 Å². The number of rotatable bonds is 7. The third-order valence-electron chi connectivity index (χ3n) is 7.55. The van der Waals surface area contributed by atoms with Gasteiger partial charge in [0, 0.05) is 42.6 Å². The number of benzene rings is 2. The van der Waals surface area contributed by atoms with E-state index >= 15 is 0 Å². The number of fused-ring (bicyclic) bond motifs is 1. The number of hydrazine groups is 3. The molecule has 1 atom stereocenters. The Labute approximate surface area is 227 Å². The number of halogens is 2. The maximum atomic E-state index is 13.9. The van der Waals surface area contributed by atoms with Gasteiger partial charge in [0.25, 0.3) is 0 Å². The van der Waals surface area contributed by atoms with Crippen molar-refractivity contribution in [1.82, 2.24) is 26.0 Å². The van der Waals surface area contributed by atoms with Crippen molar-refractivity contribution in [3.63, 3.8) is 0 Å². The van der Waals surface area contributed by atoms with Crippen molar-refractivity contribution < 1.29 is 4.39 Å². The molecule has 194 valence electrons. The number of pyridine rings is 1. The number of nitrogens with zero attached hydrogens (tertiary/aromatic N) is 4. The third-order valence-corrected chi connectivity index (χ3v) is 7.84. The normalized spacial score (nSPS) is 19.4. The topological polar surface area (TPSA) is 91.3 Å². The van der Waals surface area contributed by atoms with Crippen molar-refractivity contribution in [1.29, 1.82) is 5.26 Å². The minimum atomic E-state index is -0.748. The molecule has 2 aromatic carbocycles. The number of anilines is 2. The van der Waals surface area contributed by atoms with Crippen LogP contribution >= 0.6 is 11.6 Å². The molecule has 0 bridgehead atoms. The van der Waals surface area contributed by atoms with E-state index in [-0.39, 0.29) is 5.82 Å². The highest BCUT2D eigenvalue weighted by molar-refractivity contribution is 6.36. The van der Waals surface area contributed by atoms with E-state index in [4.69, 9.17) is 11.6 Å². The molecule has 0 amide bonds. The molecule has 11 heteroatoms. The largest absolute Gasteiger partial charge is 0.378 e. The van der Waals surface area contributed by atoms with Crippen LogP contribution in [0, 0.1) is 17.1 Å². The van der Waals surface area contributed by atoms with Gasteiger partial charge in [-0.25, -0.2) is 9.40 Å². The van der Waals surface area contributed by atoms with Crippen molar-refractivity contribution in [2.45, 2.75) is 43.6 Å². The predicted octanol–water partition coefficient (Wildman–Crippen LogP) is 3.94. The summed E-state index contributed by atoms with van der Waals surface area (Å²) in [5.74, 6) is -0.292. The summed E-state index contributed by atoms with van der Waals surface area (Å²) in [6.45, 7) is 1.82. The number of nitrogens with one attached hydrogen (secondary N) is 4. The lowest BCUT2D eigenvalue weighted by molar-refractivity contribution is 0.260. The van der Waals surface area contributed by atoms with Crippen LogP contribution in [-0.4, -0.2) is 42.0 Å². The molecule has 3 heterocycles. The molecule has 8 nitrogen and oxygen atoms in total. The van der Waals surface area contributed by atoms with Gasteiger partial charge in [0.2, 0.25) is 0 Å². The Morgan fingerprint density at radius 3 is 2.63 bits per heavy atom. The van der Waals surface area contributed by atoms with Crippen LogP contribution in [0.3, 0.4) is 0 Å². The van der Waals surface area contributed by atoms with Crippen molar-refractivity contribution in [3.05, 3.63) is 76.5 Å². The van der Waals surface area contributed by atoms with Crippen LogP contribution in [0.5, 0.6) is 0 Å². The van der Waals surface area contributed by atoms with E-state index in [1.807, 2.05) is 20.0 Å². The summed E-state index contributed by atoms with van der Waals surface area (Å²) in [5.41, 5.74) is 13.6. The molecule has 1 saturated heterocycles. The molecule has 1 aliphatic carbocycles. The molecule has 1 saturated carbocycles. The maximum Gasteiger partial charge on any atom is 0.148 e. The predicted molar refractivity (Wildman–Crippen MR) is 150 cm³/mol. The Balaban J connectivity index is 1.42. The Morgan fingerprint density at radius 1 is 1.16 bits per heavy atom. The molecule has 0 spiro atoms. The van der Waals surface area contributed by atoms with Gasteiger partial charge < -0.3 is 16.2 Å². The van der Waals surface area contributed by atoms with Crippen LogP contribution in [-0.2, 0) is 5.44 Å². The molecular weight excluding hydrogens is 502 g/mol. The number of piperidine rings is 1. The number of nitriles is 1. The van der Waals surface area contributed by atoms with Crippen LogP contribution in [0.15, 0.2) is 54.5 Å². The molecule has 4 N–H and O–H groups in total. The lowest BCUT2D eigenvalue weighted by Crippen LogP contribution is -2.45. The van der Waals surface area contributed by atoms with E-state index < -0.39 is 5.44 Å². The van der Waals surface area contributed by atoms with Gasteiger partial charge in [0.05, 0.1) is 32.9 Å². The maximum absolute atomic E-state index is 13.9. The van der Waals surface area contributed by atoms with E-state index in [1.54, 1.807) is 18.3 Å². The Bertz CT molecular complexity index is 1430. The smallest absolute Gasteiger partial charge is 0.148 e. The van der Waals surface area contributed by atoms with E-state index in [1.165, 1.54) is 18.6 Å². The quantitative estimate of drug-likeness (QED) is 0.342. The number of hydrogen-bond donors (Lipinski definition) is 4. The second kappa shape index (κ2) is 9.99. The van der Waals surface area contributed by atoms with Gasteiger partial charge in [-0.15, -0.1) is 5.53 Å². The summed E-state index contributed by atoms with van der Waals surface area (Å²) in [6, 6.07) is 13.1. The fourth-order valence-electron chi connectivity index (χ4n) is 5.20. The summed E-state index contributed by atoms with van der Waals surface area (Å²) in [5, 5.41) is 19.0. The van der Waals surface area contributed by atoms with Crippen molar-refractivity contribution in [2.24, 2.45) is 0 Å². The SMILES string of the molecule is BC(Nc1cc(Cl)c2ncc(C#N)c(NN3CCCCC3)c2c1)(C1=CN(C2CC2)NN1)c1ccc(F)cc1. The Kier molecular flexibility index (Phi) is 6.52. The molecular formula is C27H29BClFN8. The monoisotopic (exact) mass is 530 g/mol. The average molecular weight is 531 g/mol. The summed E-state index contributed by atoms with van der Waals surface area (Å²) < 4.78 is 13.9. The Morgan fingerprint density at radius 2 is 1.92 bits per heavy atom. The zero-order chi connectivity index (χ0) is 26.3. The first-order valence-electron chi connectivity index (χ1n) is 13.0. The highest BCUT2D eigenvalue weighted by atomic mass is 35.5. The van der Waals surface area contributed by atoms with Crippen molar-refractivity contribution in [3.8, 4) is 6.07 Å². The van der Waals surface area contributed by atoms with Gasteiger partial charge in [-0.3, -0.25) is 9.99 Å². The minimum Gasteiger partial charge on any atom is -0.378 e. The van der Waals surface area contributed by atoms with Gasteiger partial charge in [-0.2, -0.15) is 5.26 Å². The highest BCUT2D eigenvalue weighted by Crippen LogP contribution is 2.38. The van der Waals surface area contributed by atoms with Crippen molar-refractivity contribution in [2.75, 3.05) is 23.8 Å². The van der Waals surface area contributed by atoms with Crippen LogP contribution in [0.4, 0.5) is 15.8 Å². The minimum absolute atomic E-state index is 0.292. The Hall–Kier alpha value is -3.52. The standard InChI is InChI=1S/C27H29BClFN8/c28-27(18-4-6-19(30)7-5-18,24-16-38(36-34-24)21-8-9-21)33-20-12-22-25(35-37-10-2-1-3-11-37)17(14-31)15-32-26(22)23(29)13-20/h4-7,12-13,15-16,21,33-34,36H,1-3,8-11,28H2,(H,32,35). The summed E-state index contributed by atoms with van der Waals surface area (Å²) in [4.78, 5) is 4.50. The highest BCUT2D eigenvalue weighted by Gasteiger charge is 2.38. The van der Waals surface area contributed by atoms with Crippen LogP contribution in [0.1, 0.15) is 43.2 Å². The zero-order valence-corrected chi connectivity index (χ0v) is 21.9. The van der Waals surface area contributed by atoms with E-state index in [9.17, 15) is 9.65 Å². The molecule has 3 aromatic rings. The fourth-order valence-corrected chi connectivity index (χ4v) is 5.47. The van der Waals surface area contributed by atoms with Crippen LogP contribution in [0.2, 0.25) is 5.02 Å². The second-order valence-electron chi connectivity index (χ2n) is 10.3. The van der Waals surface area contributed by atoms with Crippen LogP contribution < -0.4 is 21.7 Å². The molecule has 0 radical (unpaired) electrons. The number of aromatic nitrogens is 1. The lowest BCUT2D eigenvalue weighted by Gasteiger charge is -2.34. The summed E-state index contributed by atoms with van der Waals surface area (Å²) in [6.07, 6.45) is 9.34. The van der Waals surface area contributed by atoms with Crippen LogP contribution in [0.25, 0.3) is 10.9 Å².